The summed E-state index contributed by atoms with van der Waals surface area (Å²) in [6, 6.07) is 0. The molecular formula is C9H10AuO3. The second-order valence-corrected chi connectivity index (χ2v) is 4.12. The van der Waals surface area contributed by atoms with Gasteiger partial charge < -0.3 is 4.74 Å². The Bertz CT molecular complexity index is 250. The summed E-state index contributed by atoms with van der Waals surface area (Å²) in [7, 11) is 0. The molecule has 0 aromatic rings. The first-order valence-electron chi connectivity index (χ1n) is 4.53. The van der Waals surface area contributed by atoms with E-state index in [1.54, 1.807) is 0 Å². The third-order valence-electron chi connectivity index (χ3n) is 3.66. The average molecular weight is 363 g/mol. The van der Waals surface area contributed by atoms with E-state index in [9.17, 15) is 9.59 Å². The summed E-state index contributed by atoms with van der Waals surface area (Å²) in [5.74, 6) is 0.291. The Kier molecular flexibility index (Phi) is 2.13. The number of esters is 2. The molecule has 0 amide bonds. The van der Waals surface area contributed by atoms with Crippen molar-refractivity contribution in [1.82, 2.24) is 0 Å². The fourth-order valence-corrected chi connectivity index (χ4v) is 3.20. The molecule has 2 aliphatic carbocycles. The molecule has 0 spiro atoms. The number of carbonyl (C=O) groups excluding carboxylic acids is 2. The predicted molar refractivity (Wildman–Crippen MR) is 38.9 cm³/mol. The number of fused-ring (bicyclic) bond motifs is 5. The molecule has 1 heterocycles. The van der Waals surface area contributed by atoms with E-state index in [1.165, 1.54) is 0 Å². The van der Waals surface area contributed by atoms with Crippen LogP contribution in [0.15, 0.2) is 0 Å². The molecule has 4 unspecified atom stereocenters. The fraction of sp³-hybridized carbons (Fsp3) is 0.778. The molecule has 4 heteroatoms. The monoisotopic (exact) mass is 363 g/mol. The largest absolute Gasteiger partial charge is 0.393 e. The van der Waals surface area contributed by atoms with Crippen molar-refractivity contribution in [1.29, 1.82) is 0 Å². The minimum Gasteiger partial charge on any atom is -0.393 e. The van der Waals surface area contributed by atoms with Crippen LogP contribution in [0.3, 0.4) is 0 Å². The van der Waals surface area contributed by atoms with Crippen LogP contribution < -0.4 is 0 Å². The van der Waals surface area contributed by atoms with Gasteiger partial charge in [-0.2, -0.15) is 0 Å². The predicted octanol–water partition coefficient (Wildman–Crippen LogP) is 0.730. The zero-order valence-corrected chi connectivity index (χ0v) is 9.12. The molecule has 13 heavy (non-hydrogen) atoms. The topological polar surface area (TPSA) is 43.4 Å². The molecule has 0 aromatic carbocycles. The molecule has 3 fully saturated rings. The normalized spacial score (nSPS) is 45.8. The summed E-state index contributed by atoms with van der Waals surface area (Å²) >= 11 is 0. The minimum atomic E-state index is -0.253. The summed E-state index contributed by atoms with van der Waals surface area (Å²) < 4.78 is 4.63. The van der Waals surface area contributed by atoms with Crippen LogP contribution in [0.1, 0.15) is 19.3 Å². The Hall–Kier alpha value is -0.120. The van der Waals surface area contributed by atoms with Gasteiger partial charge >= 0.3 is 11.9 Å². The quantitative estimate of drug-likeness (QED) is 0.362. The Morgan fingerprint density at radius 2 is 1.46 bits per heavy atom. The van der Waals surface area contributed by atoms with E-state index in [0.717, 1.165) is 19.3 Å². The van der Waals surface area contributed by atoms with Crippen molar-refractivity contribution in [2.75, 3.05) is 0 Å². The second-order valence-electron chi connectivity index (χ2n) is 4.12. The summed E-state index contributed by atoms with van der Waals surface area (Å²) in [6.45, 7) is 0. The molecular weight excluding hydrogens is 353 g/mol. The van der Waals surface area contributed by atoms with E-state index in [0.29, 0.717) is 11.8 Å². The number of cyclic esters (lactones) is 2. The molecule has 0 N–H and O–H groups in total. The number of hydrogen-bond acceptors (Lipinski definition) is 3. The van der Waals surface area contributed by atoms with Crippen molar-refractivity contribution in [3.8, 4) is 0 Å². The first-order valence-corrected chi connectivity index (χ1v) is 4.53. The maximum absolute atomic E-state index is 11.2. The van der Waals surface area contributed by atoms with Crippen LogP contribution in [0.5, 0.6) is 0 Å². The van der Waals surface area contributed by atoms with Crippen LogP contribution in [0.25, 0.3) is 0 Å². The molecule has 3 rings (SSSR count). The van der Waals surface area contributed by atoms with Crippen LogP contribution >= 0.6 is 0 Å². The molecule has 75 valence electrons. The van der Waals surface area contributed by atoms with E-state index in [2.05, 4.69) is 4.74 Å². The van der Waals surface area contributed by atoms with Gasteiger partial charge in [0.25, 0.3) is 0 Å². The standard InChI is InChI=1S/C9H10O3.Au/c10-8-6-4-1-2-5(3-4)7(6)9(11)12-8;/h4-7H,1-3H2;. The van der Waals surface area contributed by atoms with E-state index in [1.807, 2.05) is 0 Å². The Balaban J connectivity index is 0.000000653. The van der Waals surface area contributed by atoms with Crippen molar-refractivity contribution < 1.29 is 36.7 Å². The van der Waals surface area contributed by atoms with Gasteiger partial charge in [0.1, 0.15) is 0 Å². The van der Waals surface area contributed by atoms with Gasteiger partial charge in [-0.1, -0.05) is 0 Å². The van der Waals surface area contributed by atoms with E-state index in [4.69, 9.17) is 0 Å². The fourth-order valence-electron chi connectivity index (χ4n) is 3.20. The van der Waals surface area contributed by atoms with Gasteiger partial charge in [0.05, 0.1) is 11.8 Å². The summed E-state index contributed by atoms with van der Waals surface area (Å²) in [6.07, 6.45) is 3.32. The Labute approximate surface area is 91.7 Å². The Morgan fingerprint density at radius 3 is 1.92 bits per heavy atom. The van der Waals surface area contributed by atoms with Crippen molar-refractivity contribution >= 4 is 11.9 Å². The smallest absolute Gasteiger partial charge is 0.317 e. The van der Waals surface area contributed by atoms with Crippen LogP contribution in [0, 0.1) is 23.7 Å². The van der Waals surface area contributed by atoms with Gasteiger partial charge in [-0.3, -0.25) is 9.59 Å². The number of rotatable bonds is 0. The van der Waals surface area contributed by atoms with Gasteiger partial charge in [0, 0.05) is 22.4 Å². The molecule has 2 saturated carbocycles. The third-order valence-corrected chi connectivity index (χ3v) is 3.66. The van der Waals surface area contributed by atoms with Crippen molar-refractivity contribution in [2.45, 2.75) is 19.3 Å². The average Bonchev–Trinajstić information content (AvgIpc) is 2.64. The zero-order valence-electron chi connectivity index (χ0n) is 6.96. The summed E-state index contributed by atoms with van der Waals surface area (Å²) in [4.78, 5) is 22.4. The minimum absolute atomic E-state index is 0. The van der Waals surface area contributed by atoms with Gasteiger partial charge in [-0.05, 0) is 31.1 Å². The number of carbonyl (C=O) groups is 2. The first kappa shape index (κ1) is 9.44. The number of hydrogen-bond donors (Lipinski definition) is 0. The maximum atomic E-state index is 11.2. The van der Waals surface area contributed by atoms with Gasteiger partial charge in [-0.15, -0.1) is 0 Å². The van der Waals surface area contributed by atoms with Crippen LogP contribution in [0.2, 0.25) is 0 Å². The number of ether oxygens (including phenoxy) is 1. The van der Waals surface area contributed by atoms with Crippen LogP contribution in [-0.2, 0) is 36.7 Å². The Morgan fingerprint density at radius 1 is 1.00 bits per heavy atom. The van der Waals surface area contributed by atoms with Gasteiger partial charge in [0.2, 0.25) is 0 Å². The molecule has 3 nitrogen and oxygen atoms in total. The second kappa shape index (κ2) is 2.94. The van der Waals surface area contributed by atoms with Crippen LogP contribution in [-0.4, -0.2) is 11.9 Å². The molecule has 2 bridgehead atoms. The van der Waals surface area contributed by atoms with Crippen molar-refractivity contribution in [3.05, 3.63) is 0 Å². The summed E-state index contributed by atoms with van der Waals surface area (Å²) in [5, 5.41) is 0. The molecule has 3 aliphatic rings. The summed E-state index contributed by atoms with van der Waals surface area (Å²) in [5.41, 5.74) is 0. The van der Waals surface area contributed by atoms with Crippen molar-refractivity contribution in [2.24, 2.45) is 23.7 Å². The molecule has 1 aliphatic heterocycles. The maximum Gasteiger partial charge on any atom is 0.317 e. The molecule has 0 aromatic heterocycles. The zero-order chi connectivity index (χ0) is 8.29. The van der Waals surface area contributed by atoms with E-state index >= 15 is 0 Å². The first-order chi connectivity index (χ1) is 5.77. The van der Waals surface area contributed by atoms with E-state index < -0.39 is 0 Å². The van der Waals surface area contributed by atoms with Crippen LogP contribution in [0.4, 0.5) is 0 Å². The SMILES string of the molecule is O=C1OC(=O)C2C3CCC(C3)C12.[Au]. The molecule has 4 atom stereocenters. The molecule has 1 radical (unpaired) electrons. The van der Waals surface area contributed by atoms with Gasteiger partial charge in [0.15, 0.2) is 0 Å². The van der Waals surface area contributed by atoms with Crippen molar-refractivity contribution in [3.63, 3.8) is 0 Å². The van der Waals surface area contributed by atoms with Gasteiger partial charge in [-0.25, -0.2) is 0 Å². The molecule has 1 saturated heterocycles. The van der Waals surface area contributed by atoms with E-state index in [-0.39, 0.29) is 46.2 Å². The third kappa shape index (κ3) is 1.07.